The lowest BCUT2D eigenvalue weighted by molar-refractivity contribution is 1.58. The Hall–Kier alpha value is -6.24. The molecule has 0 atom stereocenters. The molecule has 0 aromatic heterocycles. The van der Waals surface area contributed by atoms with Crippen LogP contribution in [0.5, 0.6) is 0 Å². The van der Waals surface area contributed by atoms with E-state index in [0.717, 1.165) is 33.0 Å². The van der Waals surface area contributed by atoms with Crippen LogP contribution in [0.25, 0.3) is 88.0 Å². The summed E-state index contributed by atoms with van der Waals surface area (Å²) in [5.74, 6) is 0. The average Bonchev–Trinajstić information content (AvgIpc) is 3.23. The van der Waals surface area contributed by atoms with Crippen molar-refractivity contribution < 1.29 is 9.60 Å². The zero-order valence-electron chi connectivity index (χ0n) is 32.9. The second-order valence-electron chi connectivity index (χ2n) is 12.0. The van der Waals surface area contributed by atoms with Gasteiger partial charge < -0.3 is 0 Å². The topological polar surface area (TPSA) is 0 Å². The first-order valence-electron chi connectivity index (χ1n) is 19.5. The molecule has 0 heterocycles. The van der Waals surface area contributed by atoms with Crippen LogP contribution in [0.4, 0.5) is 0 Å². The van der Waals surface area contributed by atoms with Gasteiger partial charge in [-0.2, -0.15) is 0 Å². The van der Waals surface area contributed by atoms with Crippen molar-refractivity contribution in [2.45, 2.75) is 0 Å². The second kappa shape index (κ2) is 11.8. The fraction of sp³-hybridized carbons (Fsp3) is 0. The van der Waals surface area contributed by atoms with Crippen molar-refractivity contribution in [2.24, 2.45) is 0 Å². The van der Waals surface area contributed by atoms with Crippen LogP contribution in [-0.2, 0) is 0 Å². The summed E-state index contributed by atoms with van der Waals surface area (Å²) in [6.07, 6.45) is 0. The van der Waals surface area contributed by atoms with E-state index in [1.807, 2.05) is 146 Å². The van der Waals surface area contributed by atoms with Crippen LogP contribution >= 0.6 is 0 Å². The van der Waals surface area contributed by atoms with Crippen LogP contribution in [0.15, 0.2) is 194 Å². The van der Waals surface area contributed by atoms with Gasteiger partial charge in [0.05, 0.1) is 9.60 Å². The van der Waals surface area contributed by atoms with Gasteiger partial charge in [-0.15, -0.1) is 0 Å². The van der Waals surface area contributed by atoms with Crippen molar-refractivity contribution in [3.63, 3.8) is 0 Å². The molecule has 0 bridgehead atoms. The molecule has 0 aliphatic carbocycles. The van der Waals surface area contributed by atoms with Crippen molar-refractivity contribution in [3.8, 4) is 55.6 Å². The Bertz CT molecular complexity index is 2920. The quantitative estimate of drug-likeness (QED) is 0.169. The van der Waals surface area contributed by atoms with E-state index in [2.05, 4.69) is 6.07 Å². The Morgan fingerprint density at radius 3 is 1.42 bits per heavy atom. The van der Waals surface area contributed by atoms with Crippen LogP contribution in [0.1, 0.15) is 9.60 Å². The number of rotatable bonds is 5. The zero-order valence-corrected chi connectivity index (χ0v) is 25.9. The summed E-state index contributed by atoms with van der Waals surface area (Å²) in [6, 6.07) is 47.4. The van der Waals surface area contributed by atoms with Crippen LogP contribution in [0.2, 0.25) is 0 Å². The van der Waals surface area contributed by atoms with Gasteiger partial charge in [0.1, 0.15) is 0 Å². The maximum absolute atomic E-state index is 10.0. The lowest BCUT2D eigenvalue weighted by Gasteiger charge is -2.20. The lowest BCUT2D eigenvalue weighted by Crippen LogP contribution is -1.93. The van der Waals surface area contributed by atoms with E-state index < -0.39 is 6.04 Å². The third kappa shape index (κ3) is 4.96. The molecule has 0 nitrogen and oxygen atoms in total. The molecule has 0 N–H and O–H groups in total. The molecule has 0 heteroatoms. The Balaban J connectivity index is 1.53. The summed E-state index contributed by atoms with van der Waals surface area (Å²) in [6.45, 7) is 0. The molecule has 0 fully saturated rings. The number of hydrogen-bond donors (Lipinski definition) is 0. The molecule has 0 amide bonds. The molecule has 0 radical (unpaired) electrons. The first-order valence-corrected chi connectivity index (χ1v) is 16.0. The predicted octanol–water partition coefficient (Wildman–Crippen LogP) is 13.5. The van der Waals surface area contributed by atoms with E-state index >= 15 is 0 Å². The standard InChI is InChI=1S/C48H32/c1-4-14-33(15-5-1)40-29-41(34-16-6-2-7-17-34)31-42(30-40)48-44-23-13-12-22-43(44)47(36-19-8-3-9-20-36)46-32-39(26-27-45(46)48)38-25-24-35-18-10-11-21-37(35)28-38/h1-32H/i12D,13D,22D,23D,26D,27D,32D. The van der Waals surface area contributed by atoms with Gasteiger partial charge in [-0.05, 0) is 118 Å². The SMILES string of the molecule is [2H]c1c([2H])c([2H])c2c(-c3ccccc3)c3c([2H])c(-c4ccc5ccccc5c4)c([2H])c([2H])c3c(-c3cc(-c4ccccc4)cc(-c4ccccc4)c3)c2c1[2H]. The highest BCUT2D eigenvalue weighted by molar-refractivity contribution is 6.22. The maximum Gasteiger partial charge on any atom is 0.0636 e. The van der Waals surface area contributed by atoms with Crippen LogP contribution in [-0.4, -0.2) is 0 Å². The fourth-order valence-corrected chi connectivity index (χ4v) is 6.76. The molecule has 9 aromatic rings. The van der Waals surface area contributed by atoms with Gasteiger partial charge >= 0.3 is 0 Å². The van der Waals surface area contributed by atoms with Crippen LogP contribution in [0, 0.1) is 0 Å². The highest BCUT2D eigenvalue weighted by Gasteiger charge is 2.19. The molecule has 0 saturated carbocycles. The Morgan fingerprint density at radius 2 is 0.792 bits per heavy atom. The summed E-state index contributed by atoms with van der Waals surface area (Å²) < 4.78 is 66.1. The second-order valence-corrected chi connectivity index (χ2v) is 12.0. The molecule has 0 spiro atoms. The van der Waals surface area contributed by atoms with Crippen LogP contribution in [0.3, 0.4) is 0 Å². The first kappa shape index (κ1) is 21.5. The average molecular weight is 616 g/mol. The predicted molar refractivity (Wildman–Crippen MR) is 206 cm³/mol. The van der Waals surface area contributed by atoms with E-state index in [0.29, 0.717) is 38.6 Å². The van der Waals surface area contributed by atoms with Crippen LogP contribution < -0.4 is 0 Å². The van der Waals surface area contributed by atoms with E-state index in [9.17, 15) is 6.85 Å². The molecule has 0 aliphatic heterocycles. The zero-order chi connectivity index (χ0) is 38.0. The number of hydrogen-bond acceptors (Lipinski definition) is 0. The Kier molecular flexibility index (Phi) is 5.31. The summed E-state index contributed by atoms with van der Waals surface area (Å²) in [5, 5.41) is 3.11. The van der Waals surface area contributed by atoms with E-state index in [4.69, 9.17) is 2.74 Å². The minimum absolute atomic E-state index is 0.0168. The van der Waals surface area contributed by atoms with Gasteiger partial charge in [-0.3, -0.25) is 0 Å². The Labute approximate surface area is 291 Å². The highest BCUT2D eigenvalue weighted by atomic mass is 14.2. The van der Waals surface area contributed by atoms with E-state index in [1.54, 1.807) is 0 Å². The first-order chi connectivity index (χ1) is 26.7. The number of benzene rings is 9. The number of fused-ring (bicyclic) bond motifs is 3. The third-order valence-electron chi connectivity index (χ3n) is 9.04. The van der Waals surface area contributed by atoms with Crippen molar-refractivity contribution in [1.29, 1.82) is 0 Å². The van der Waals surface area contributed by atoms with Crippen molar-refractivity contribution in [1.82, 2.24) is 0 Å². The molecule has 9 rings (SSSR count). The maximum atomic E-state index is 10.0. The summed E-state index contributed by atoms with van der Waals surface area (Å²) >= 11 is 0. The molecule has 9 aromatic carbocycles. The molecule has 224 valence electrons. The Morgan fingerprint density at radius 1 is 0.292 bits per heavy atom. The minimum atomic E-state index is -0.392. The van der Waals surface area contributed by atoms with Gasteiger partial charge in [0.25, 0.3) is 0 Å². The normalized spacial score (nSPS) is 13.4. The molecular formula is C48H32. The summed E-state index contributed by atoms with van der Waals surface area (Å²) in [4.78, 5) is 0. The van der Waals surface area contributed by atoms with E-state index in [1.165, 1.54) is 0 Å². The van der Waals surface area contributed by atoms with Gasteiger partial charge in [0.15, 0.2) is 0 Å². The summed E-state index contributed by atoms with van der Waals surface area (Å²) in [7, 11) is 0. The smallest absolute Gasteiger partial charge is 0.0622 e. The minimum Gasteiger partial charge on any atom is -0.0622 e. The van der Waals surface area contributed by atoms with E-state index in [-0.39, 0.29) is 52.6 Å². The molecule has 0 saturated heterocycles. The highest BCUT2D eigenvalue weighted by Crippen LogP contribution is 2.46. The molecule has 0 aliphatic rings. The summed E-state index contributed by atoms with van der Waals surface area (Å²) in [5.41, 5.74) is 6.65. The monoisotopic (exact) mass is 615 g/mol. The third-order valence-corrected chi connectivity index (χ3v) is 9.04. The molecular weight excluding hydrogens is 577 g/mol. The van der Waals surface area contributed by atoms with Gasteiger partial charge in [0, 0.05) is 0 Å². The fourth-order valence-electron chi connectivity index (χ4n) is 6.76. The largest absolute Gasteiger partial charge is 0.0636 e. The van der Waals surface area contributed by atoms with Gasteiger partial charge in [0.2, 0.25) is 0 Å². The lowest BCUT2D eigenvalue weighted by atomic mass is 9.83. The van der Waals surface area contributed by atoms with Gasteiger partial charge in [-0.1, -0.05) is 164 Å². The molecule has 0 unspecified atom stereocenters. The van der Waals surface area contributed by atoms with Crippen molar-refractivity contribution in [2.75, 3.05) is 0 Å². The van der Waals surface area contributed by atoms with Crippen molar-refractivity contribution >= 4 is 32.3 Å². The van der Waals surface area contributed by atoms with Gasteiger partial charge in [-0.25, -0.2) is 0 Å². The van der Waals surface area contributed by atoms with Crippen molar-refractivity contribution in [3.05, 3.63) is 194 Å². The molecule has 48 heavy (non-hydrogen) atoms.